The van der Waals surface area contributed by atoms with Gasteiger partial charge in [0.2, 0.25) is 0 Å². The predicted octanol–water partition coefficient (Wildman–Crippen LogP) is 6.62. The maximum Gasteiger partial charge on any atom is 0.410 e. The van der Waals surface area contributed by atoms with Crippen LogP contribution >= 0.6 is 0 Å². The summed E-state index contributed by atoms with van der Waals surface area (Å²) in [4.78, 5) is 23.4. The van der Waals surface area contributed by atoms with Gasteiger partial charge in [-0.05, 0) is 75.8 Å². The lowest BCUT2D eigenvalue weighted by Crippen LogP contribution is -2.40. The molecule has 0 fully saturated rings. The Hall–Kier alpha value is -3.58. The lowest BCUT2D eigenvalue weighted by Gasteiger charge is -2.29. The van der Waals surface area contributed by atoms with E-state index in [0.717, 1.165) is 53.4 Å². The number of ether oxygens (including phenoxy) is 3. The van der Waals surface area contributed by atoms with Gasteiger partial charge in [0.25, 0.3) is 0 Å². The Morgan fingerprint density at radius 3 is 2.74 bits per heavy atom. The number of fused-ring (bicyclic) bond motifs is 6. The maximum absolute atomic E-state index is 13.2. The predicted molar refractivity (Wildman–Crippen MR) is 153 cm³/mol. The molecule has 2 aromatic carbocycles. The van der Waals surface area contributed by atoms with Gasteiger partial charge in [-0.15, -0.1) is 6.58 Å². The van der Waals surface area contributed by atoms with Gasteiger partial charge >= 0.3 is 6.09 Å². The van der Waals surface area contributed by atoms with E-state index < -0.39 is 5.60 Å². The summed E-state index contributed by atoms with van der Waals surface area (Å²) < 4.78 is 17.4. The molecule has 2 aliphatic rings. The molecule has 39 heavy (non-hydrogen) atoms. The van der Waals surface area contributed by atoms with Crippen molar-refractivity contribution in [3.05, 3.63) is 71.2 Å². The Bertz CT molecular complexity index is 1380. The number of aromatic nitrogens is 2. The molecule has 0 saturated carbocycles. The second-order valence-corrected chi connectivity index (χ2v) is 11.7. The largest absolute Gasteiger partial charge is 0.488 e. The number of benzene rings is 2. The molecule has 0 spiro atoms. The highest BCUT2D eigenvalue weighted by atomic mass is 16.6. The number of carbonyl (C=O) groups excluding carboxylic acids is 1. The van der Waals surface area contributed by atoms with Gasteiger partial charge < -0.3 is 24.1 Å². The minimum atomic E-state index is -0.595. The summed E-state index contributed by atoms with van der Waals surface area (Å²) in [6, 6.07) is 11.0. The average molecular weight is 530 g/mol. The first-order chi connectivity index (χ1) is 18.6. The molecule has 1 atom stereocenters. The number of carbonyl (C=O) groups is 1. The summed E-state index contributed by atoms with van der Waals surface area (Å²) in [5.74, 6) is 1.75. The number of H-pyrrole nitrogens is 1. The Labute approximate surface area is 231 Å². The summed E-state index contributed by atoms with van der Waals surface area (Å²) >= 11 is 0. The van der Waals surface area contributed by atoms with E-state index in [-0.39, 0.29) is 12.0 Å². The van der Waals surface area contributed by atoms with Gasteiger partial charge in [0.15, 0.2) is 0 Å². The van der Waals surface area contributed by atoms with Crippen LogP contribution in [0.5, 0.6) is 5.75 Å². The number of hydrogen-bond donors (Lipinski definition) is 1. The third-order valence-electron chi connectivity index (χ3n) is 7.24. The van der Waals surface area contributed by atoms with E-state index in [1.54, 1.807) is 12.0 Å². The van der Waals surface area contributed by atoms with E-state index >= 15 is 0 Å². The molecule has 0 saturated heterocycles. The molecule has 206 valence electrons. The molecule has 1 aromatic heterocycles. The Balaban J connectivity index is 1.44. The molecule has 1 aliphatic heterocycles. The highest BCUT2D eigenvalue weighted by Crippen LogP contribution is 2.44. The molecule has 1 aliphatic carbocycles. The molecule has 3 aromatic rings. The van der Waals surface area contributed by atoms with Crippen molar-refractivity contribution in [1.29, 1.82) is 0 Å². The van der Waals surface area contributed by atoms with Gasteiger partial charge in [-0.3, -0.25) is 0 Å². The van der Waals surface area contributed by atoms with Gasteiger partial charge in [0.1, 0.15) is 23.8 Å². The SMILES string of the molecule is C=CCC(COC)CN(Cc1nc2c([nH]1)CCc1cc3c(cc1-2)OCc1cc(C)ccc1-3)C(=O)OC(C)(C)C. The Morgan fingerprint density at radius 1 is 1.18 bits per heavy atom. The Kier molecular flexibility index (Phi) is 7.54. The summed E-state index contributed by atoms with van der Waals surface area (Å²) in [6.45, 7) is 13.5. The highest BCUT2D eigenvalue weighted by molar-refractivity contribution is 5.82. The summed E-state index contributed by atoms with van der Waals surface area (Å²) in [6.07, 6.45) is 4.03. The normalized spacial score (nSPS) is 14.3. The standard InChI is InChI=1S/C32H39N3O4/c1-7-8-21(18-37-6)16-35(31(36)39-32(3,4)5)17-29-33-27-12-10-22-14-26-24-11-9-20(2)13-23(24)19-38-28(26)15-25(22)30(27)34-29/h7,9,11,13-15,21H,1,8,10,12,16-19H2,2-6H3,(H,33,34). The van der Waals surface area contributed by atoms with E-state index in [1.807, 2.05) is 26.8 Å². The monoisotopic (exact) mass is 529 g/mol. The third-order valence-corrected chi connectivity index (χ3v) is 7.24. The zero-order valence-corrected chi connectivity index (χ0v) is 23.7. The van der Waals surface area contributed by atoms with Crippen molar-refractivity contribution in [2.24, 2.45) is 5.92 Å². The topological polar surface area (TPSA) is 76.7 Å². The zero-order chi connectivity index (χ0) is 27.7. The quantitative estimate of drug-likeness (QED) is 0.332. The third kappa shape index (κ3) is 5.88. The van der Waals surface area contributed by atoms with Crippen molar-refractivity contribution in [2.75, 3.05) is 20.3 Å². The van der Waals surface area contributed by atoms with Crippen LogP contribution in [0.2, 0.25) is 0 Å². The molecular weight excluding hydrogens is 490 g/mol. The number of rotatable bonds is 8. The van der Waals surface area contributed by atoms with Crippen LogP contribution in [-0.2, 0) is 35.5 Å². The smallest absolute Gasteiger partial charge is 0.410 e. The number of amides is 1. The van der Waals surface area contributed by atoms with Gasteiger partial charge in [0.05, 0.1) is 18.8 Å². The van der Waals surface area contributed by atoms with Crippen LogP contribution in [0.25, 0.3) is 22.4 Å². The summed E-state index contributed by atoms with van der Waals surface area (Å²) in [5, 5.41) is 0. The number of aromatic amines is 1. The summed E-state index contributed by atoms with van der Waals surface area (Å²) in [5.41, 5.74) is 8.67. The molecule has 1 unspecified atom stereocenters. The lowest BCUT2D eigenvalue weighted by molar-refractivity contribution is 0.0164. The molecule has 0 bridgehead atoms. The minimum absolute atomic E-state index is 0.112. The fraction of sp³-hybridized carbons (Fsp3) is 0.438. The Morgan fingerprint density at radius 2 is 2.00 bits per heavy atom. The molecule has 2 heterocycles. The van der Waals surface area contributed by atoms with E-state index in [1.165, 1.54) is 22.3 Å². The number of nitrogens with one attached hydrogen (secondary N) is 1. The zero-order valence-electron chi connectivity index (χ0n) is 23.7. The van der Waals surface area contributed by atoms with Crippen molar-refractivity contribution >= 4 is 6.09 Å². The van der Waals surface area contributed by atoms with Crippen LogP contribution in [0.3, 0.4) is 0 Å². The van der Waals surface area contributed by atoms with Crippen LogP contribution in [0.4, 0.5) is 4.79 Å². The minimum Gasteiger partial charge on any atom is -0.488 e. The second kappa shape index (κ2) is 10.9. The van der Waals surface area contributed by atoms with Gasteiger partial charge in [-0.1, -0.05) is 29.8 Å². The van der Waals surface area contributed by atoms with Crippen LogP contribution in [-0.4, -0.2) is 46.8 Å². The maximum atomic E-state index is 13.2. The average Bonchev–Trinajstić information content (AvgIpc) is 3.29. The van der Waals surface area contributed by atoms with Gasteiger partial charge in [-0.25, -0.2) is 9.78 Å². The van der Waals surface area contributed by atoms with Crippen LogP contribution in [0.15, 0.2) is 43.0 Å². The molecule has 1 amide bonds. The van der Waals surface area contributed by atoms with Crippen molar-refractivity contribution in [3.8, 4) is 28.1 Å². The van der Waals surface area contributed by atoms with Crippen molar-refractivity contribution in [1.82, 2.24) is 14.9 Å². The first-order valence-corrected chi connectivity index (χ1v) is 13.7. The molecule has 1 N–H and O–H groups in total. The van der Waals surface area contributed by atoms with Gasteiger partial charge in [-0.2, -0.15) is 0 Å². The van der Waals surface area contributed by atoms with Gasteiger partial charge in [0, 0.05) is 36.4 Å². The van der Waals surface area contributed by atoms with Crippen LogP contribution < -0.4 is 4.74 Å². The van der Waals surface area contributed by atoms with Crippen molar-refractivity contribution in [3.63, 3.8) is 0 Å². The lowest BCUT2D eigenvalue weighted by atomic mass is 9.87. The van der Waals surface area contributed by atoms with E-state index in [2.05, 4.69) is 48.8 Å². The van der Waals surface area contributed by atoms with E-state index in [4.69, 9.17) is 19.2 Å². The first-order valence-electron chi connectivity index (χ1n) is 13.7. The number of hydrogen-bond acceptors (Lipinski definition) is 5. The fourth-order valence-electron chi connectivity index (χ4n) is 5.53. The molecule has 7 heteroatoms. The molecular formula is C32H39N3O4. The molecule has 7 nitrogen and oxygen atoms in total. The van der Waals surface area contributed by atoms with Crippen molar-refractivity contribution < 1.29 is 19.0 Å². The second-order valence-electron chi connectivity index (χ2n) is 11.7. The number of aryl methyl sites for hydroxylation is 3. The number of nitrogens with zero attached hydrogens (tertiary/aromatic N) is 2. The number of allylic oxidation sites excluding steroid dienone is 1. The number of imidazole rings is 1. The number of methoxy groups -OCH3 is 1. The highest BCUT2D eigenvalue weighted by Gasteiger charge is 2.29. The van der Waals surface area contributed by atoms with Crippen LogP contribution in [0, 0.1) is 12.8 Å². The first kappa shape index (κ1) is 27.0. The van der Waals surface area contributed by atoms with E-state index in [9.17, 15) is 4.79 Å². The fourth-order valence-corrected chi connectivity index (χ4v) is 5.53. The van der Waals surface area contributed by atoms with Crippen molar-refractivity contribution in [2.45, 2.75) is 65.7 Å². The van der Waals surface area contributed by atoms with E-state index in [0.29, 0.717) is 26.3 Å². The van der Waals surface area contributed by atoms with Crippen LogP contribution in [0.1, 0.15) is 55.4 Å². The molecule has 0 radical (unpaired) electrons. The molecule has 5 rings (SSSR count). The summed E-state index contributed by atoms with van der Waals surface area (Å²) in [7, 11) is 1.67.